The maximum absolute atomic E-state index is 12.9. The lowest BCUT2D eigenvalue weighted by atomic mass is 9.75. The van der Waals surface area contributed by atoms with E-state index in [4.69, 9.17) is 0 Å². The van der Waals surface area contributed by atoms with E-state index in [0.29, 0.717) is 29.7 Å². The molecule has 1 aromatic heterocycles. The first-order valence-corrected chi connectivity index (χ1v) is 9.50. The number of carbonyl (C=O) groups is 3. The number of carbonyl (C=O) groups excluding carboxylic acids is 2. The van der Waals surface area contributed by atoms with Crippen LogP contribution < -0.4 is 10.9 Å². The molecule has 7 nitrogen and oxygen atoms in total. The van der Waals surface area contributed by atoms with Gasteiger partial charge in [0.1, 0.15) is 5.56 Å². The Balaban J connectivity index is 2.03. The number of H-pyrrole nitrogens is 1. The Morgan fingerprint density at radius 3 is 2.41 bits per heavy atom. The van der Waals surface area contributed by atoms with Crippen molar-refractivity contribution in [1.82, 2.24) is 10.3 Å². The summed E-state index contributed by atoms with van der Waals surface area (Å²) in [4.78, 5) is 52.8. The normalized spacial score (nSPS) is 17.1. The average Bonchev–Trinajstić information content (AvgIpc) is 2.65. The Morgan fingerprint density at radius 2 is 1.83 bits per heavy atom. The number of hydrogen-bond donors (Lipinski definition) is 3. The maximum atomic E-state index is 12.9. The van der Waals surface area contributed by atoms with E-state index in [0.717, 1.165) is 0 Å². The highest BCUT2D eigenvalue weighted by Crippen LogP contribution is 2.33. The van der Waals surface area contributed by atoms with Gasteiger partial charge in [-0.25, -0.2) is 4.79 Å². The van der Waals surface area contributed by atoms with Gasteiger partial charge in [0.2, 0.25) is 0 Å². The lowest BCUT2D eigenvalue weighted by Gasteiger charge is -2.31. The predicted molar refractivity (Wildman–Crippen MR) is 107 cm³/mol. The molecular formula is C22H24N2O5. The lowest BCUT2D eigenvalue weighted by Crippen LogP contribution is -2.52. The van der Waals surface area contributed by atoms with Crippen LogP contribution in [0.25, 0.3) is 0 Å². The fourth-order valence-corrected chi connectivity index (χ4v) is 3.87. The molecule has 1 unspecified atom stereocenters. The third-order valence-corrected chi connectivity index (χ3v) is 5.45. The van der Waals surface area contributed by atoms with Gasteiger partial charge in [0.05, 0.1) is 0 Å². The van der Waals surface area contributed by atoms with Crippen molar-refractivity contribution in [2.75, 3.05) is 0 Å². The van der Waals surface area contributed by atoms with Crippen molar-refractivity contribution in [2.24, 2.45) is 5.41 Å². The van der Waals surface area contributed by atoms with Crippen molar-refractivity contribution in [3.05, 3.63) is 69.1 Å². The van der Waals surface area contributed by atoms with Crippen molar-refractivity contribution in [3.63, 3.8) is 0 Å². The van der Waals surface area contributed by atoms with Gasteiger partial charge in [-0.1, -0.05) is 51.1 Å². The zero-order chi connectivity index (χ0) is 21.4. The summed E-state index contributed by atoms with van der Waals surface area (Å²) in [6, 6.07) is 9.62. The van der Waals surface area contributed by atoms with Crippen LogP contribution in [0.4, 0.5) is 0 Å². The molecule has 7 heteroatoms. The Hall–Kier alpha value is -3.22. The number of carboxylic acid groups (broad SMARTS) is 1. The van der Waals surface area contributed by atoms with E-state index in [1.165, 1.54) is 6.07 Å². The Labute approximate surface area is 168 Å². The van der Waals surface area contributed by atoms with Gasteiger partial charge in [0, 0.05) is 17.7 Å². The molecule has 1 aliphatic rings. The number of rotatable bonds is 5. The Bertz CT molecular complexity index is 1040. The summed E-state index contributed by atoms with van der Waals surface area (Å²) in [6.07, 6.45) is 0.905. The summed E-state index contributed by atoms with van der Waals surface area (Å²) in [7, 11) is 0. The molecule has 0 spiro atoms. The van der Waals surface area contributed by atoms with E-state index >= 15 is 0 Å². The van der Waals surface area contributed by atoms with Crippen molar-refractivity contribution < 1.29 is 19.5 Å². The Kier molecular flexibility index (Phi) is 5.17. The molecule has 1 atom stereocenters. The summed E-state index contributed by atoms with van der Waals surface area (Å²) in [5, 5.41) is 12.4. The van der Waals surface area contributed by atoms with Crippen LogP contribution in [0.3, 0.4) is 0 Å². The molecule has 3 rings (SSSR count). The second kappa shape index (κ2) is 7.31. The summed E-state index contributed by atoms with van der Waals surface area (Å²) in [6.45, 7) is 5.52. The van der Waals surface area contributed by atoms with Crippen LogP contribution >= 0.6 is 0 Å². The van der Waals surface area contributed by atoms with E-state index < -0.39 is 23.0 Å². The van der Waals surface area contributed by atoms with E-state index in [2.05, 4.69) is 10.3 Å². The monoisotopic (exact) mass is 396 g/mol. The van der Waals surface area contributed by atoms with Crippen LogP contribution in [0.2, 0.25) is 0 Å². The molecule has 152 valence electrons. The van der Waals surface area contributed by atoms with Gasteiger partial charge in [-0.2, -0.15) is 0 Å². The second-order valence-electron chi connectivity index (χ2n) is 8.23. The third-order valence-electron chi connectivity index (χ3n) is 5.45. The van der Waals surface area contributed by atoms with Crippen molar-refractivity contribution in [1.29, 1.82) is 0 Å². The lowest BCUT2D eigenvalue weighted by molar-refractivity contribution is -0.145. The van der Waals surface area contributed by atoms with E-state index in [9.17, 15) is 24.3 Å². The topological polar surface area (TPSA) is 116 Å². The highest BCUT2D eigenvalue weighted by atomic mass is 16.4. The SMILES string of the molecule is CCC(NC(=O)c1cc2c([nH]c1=O)CC(C)(C)CC2=O)(C(=O)O)c1ccccc1. The van der Waals surface area contributed by atoms with Gasteiger partial charge in [-0.3, -0.25) is 14.4 Å². The number of aromatic nitrogens is 1. The van der Waals surface area contributed by atoms with E-state index in [1.54, 1.807) is 37.3 Å². The number of benzene rings is 1. The molecule has 1 heterocycles. The number of ketones is 1. The Morgan fingerprint density at radius 1 is 1.17 bits per heavy atom. The maximum Gasteiger partial charge on any atom is 0.334 e. The highest BCUT2D eigenvalue weighted by Gasteiger charge is 2.41. The second-order valence-corrected chi connectivity index (χ2v) is 8.23. The number of hydrogen-bond acceptors (Lipinski definition) is 4. The van der Waals surface area contributed by atoms with Crippen LogP contribution in [-0.4, -0.2) is 27.8 Å². The third kappa shape index (κ3) is 3.72. The molecule has 0 radical (unpaired) electrons. The molecule has 0 fully saturated rings. The van der Waals surface area contributed by atoms with Crippen LogP contribution in [0.5, 0.6) is 0 Å². The minimum Gasteiger partial charge on any atom is -0.479 e. The van der Waals surface area contributed by atoms with Gasteiger partial charge in [0.15, 0.2) is 11.3 Å². The standard InChI is InChI=1S/C22H24N2O5/c1-4-22(20(28)29,13-8-6-5-7-9-13)24-19(27)15-10-14-16(23-18(15)26)11-21(2,3)12-17(14)25/h5-10H,4,11-12H2,1-3H3,(H,23,26)(H,24,27)(H,28,29). The molecule has 0 saturated carbocycles. The smallest absolute Gasteiger partial charge is 0.334 e. The zero-order valence-electron chi connectivity index (χ0n) is 16.7. The van der Waals surface area contributed by atoms with Crippen LogP contribution in [0, 0.1) is 5.41 Å². The van der Waals surface area contributed by atoms with Gasteiger partial charge >= 0.3 is 5.97 Å². The largest absolute Gasteiger partial charge is 0.479 e. The number of fused-ring (bicyclic) bond motifs is 1. The number of aromatic amines is 1. The molecule has 29 heavy (non-hydrogen) atoms. The van der Waals surface area contributed by atoms with Crippen molar-refractivity contribution >= 4 is 17.7 Å². The molecule has 1 aromatic carbocycles. The summed E-state index contributed by atoms with van der Waals surface area (Å²) >= 11 is 0. The molecule has 2 aromatic rings. The fourth-order valence-electron chi connectivity index (χ4n) is 3.87. The first kappa shape index (κ1) is 20.5. The minimum absolute atomic E-state index is 0.0774. The van der Waals surface area contributed by atoms with Gasteiger partial charge in [0.25, 0.3) is 11.5 Å². The van der Waals surface area contributed by atoms with Crippen LogP contribution in [0.1, 0.15) is 65.6 Å². The quantitative estimate of drug-likeness (QED) is 0.718. The van der Waals surface area contributed by atoms with Crippen LogP contribution in [0.15, 0.2) is 41.2 Å². The van der Waals surface area contributed by atoms with Crippen LogP contribution in [-0.2, 0) is 16.8 Å². The summed E-state index contributed by atoms with van der Waals surface area (Å²) < 4.78 is 0. The number of aliphatic carboxylic acids is 1. The van der Waals surface area contributed by atoms with E-state index in [-0.39, 0.29) is 23.2 Å². The number of amides is 1. The number of pyridine rings is 1. The summed E-state index contributed by atoms with van der Waals surface area (Å²) in [5.74, 6) is -2.21. The predicted octanol–water partition coefficient (Wildman–Crippen LogP) is 2.65. The van der Waals surface area contributed by atoms with Gasteiger partial charge in [-0.15, -0.1) is 0 Å². The number of carboxylic acids is 1. The fraction of sp³-hybridized carbons (Fsp3) is 0.364. The minimum atomic E-state index is -1.69. The number of nitrogens with one attached hydrogen (secondary N) is 2. The highest BCUT2D eigenvalue weighted by molar-refractivity contribution is 6.03. The zero-order valence-corrected chi connectivity index (χ0v) is 16.7. The van der Waals surface area contributed by atoms with Crippen molar-refractivity contribution in [2.45, 2.75) is 45.6 Å². The molecule has 1 aliphatic carbocycles. The average molecular weight is 396 g/mol. The van der Waals surface area contributed by atoms with Crippen molar-refractivity contribution in [3.8, 4) is 0 Å². The van der Waals surface area contributed by atoms with E-state index in [1.807, 2.05) is 13.8 Å². The molecule has 0 saturated heterocycles. The van der Waals surface area contributed by atoms with Gasteiger partial charge < -0.3 is 15.4 Å². The molecule has 0 aliphatic heterocycles. The molecule has 1 amide bonds. The number of Topliss-reactive ketones (excluding diaryl/α,β-unsaturated/α-hetero) is 1. The molecule has 0 bridgehead atoms. The summed E-state index contributed by atoms with van der Waals surface area (Å²) in [5.41, 5.74) is -1.66. The molecule has 3 N–H and O–H groups in total. The molecular weight excluding hydrogens is 372 g/mol. The first-order valence-electron chi connectivity index (χ1n) is 9.50. The first-order chi connectivity index (χ1) is 13.6. The van der Waals surface area contributed by atoms with Gasteiger partial charge in [-0.05, 0) is 29.9 Å².